The van der Waals surface area contributed by atoms with E-state index in [0.29, 0.717) is 30.7 Å². The first-order valence-electron chi connectivity index (χ1n) is 9.22. The summed E-state index contributed by atoms with van der Waals surface area (Å²) in [5.41, 5.74) is 4.31. The highest BCUT2D eigenvalue weighted by molar-refractivity contribution is 7.16. The van der Waals surface area contributed by atoms with Crippen molar-refractivity contribution >= 4 is 39.5 Å². The molecule has 0 aliphatic carbocycles. The Hall–Kier alpha value is -2.25. The number of fused-ring (bicyclic) bond motifs is 1. The molecule has 1 N–H and O–H groups in total. The van der Waals surface area contributed by atoms with Crippen LogP contribution in [0.4, 0.5) is 0 Å². The molecule has 27 heavy (non-hydrogen) atoms. The van der Waals surface area contributed by atoms with E-state index >= 15 is 0 Å². The van der Waals surface area contributed by atoms with E-state index in [1.807, 2.05) is 36.7 Å². The molecule has 1 aromatic carbocycles. The summed E-state index contributed by atoms with van der Waals surface area (Å²) in [6, 6.07) is 6.02. The second kappa shape index (κ2) is 8.63. The molecule has 0 radical (unpaired) electrons. The molecule has 0 spiro atoms. The number of carbonyl (C=O) groups excluding carboxylic acids is 1. The van der Waals surface area contributed by atoms with Gasteiger partial charge in [0, 0.05) is 13.7 Å². The SMILES string of the molecule is CCN1C(=O)/C(=C/c2ccc3ncsc3c2)NC1=NC(COC)CC(C)C. The van der Waals surface area contributed by atoms with Gasteiger partial charge in [0.2, 0.25) is 5.96 Å². The van der Waals surface area contributed by atoms with Crippen molar-refractivity contribution in [3.05, 3.63) is 35.0 Å². The number of methoxy groups -OCH3 is 1. The van der Waals surface area contributed by atoms with Gasteiger partial charge in [-0.2, -0.15) is 0 Å². The monoisotopic (exact) mass is 386 g/mol. The molecule has 1 fully saturated rings. The van der Waals surface area contributed by atoms with Gasteiger partial charge in [0.25, 0.3) is 5.91 Å². The molecular weight excluding hydrogens is 360 g/mol. The topological polar surface area (TPSA) is 66.8 Å². The van der Waals surface area contributed by atoms with Gasteiger partial charge < -0.3 is 10.1 Å². The lowest BCUT2D eigenvalue weighted by molar-refractivity contribution is -0.122. The summed E-state index contributed by atoms with van der Waals surface area (Å²) in [4.78, 5) is 23.6. The van der Waals surface area contributed by atoms with Crippen molar-refractivity contribution < 1.29 is 9.53 Å². The fourth-order valence-corrected chi connectivity index (χ4v) is 3.90. The van der Waals surface area contributed by atoms with Crippen LogP contribution in [0.25, 0.3) is 16.3 Å². The highest BCUT2D eigenvalue weighted by atomic mass is 32.1. The van der Waals surface area contributed by atoms with Crippen LogP contribution in [0, 0.1) is 5.92 Å². The van der Waals surface area contributed by atoms with Crippen LogP contribution in [0.2, 0.25) is 0 Å². The highest BCUT2D eigenvalue weighted by Gasteiger charge is 2.31. The van der Waals surface area contributed by atoms with Gasteiger partial charge in [-0.05, 0) is 43.0 Å². The van der Waals surface area contributed by atoms with Crippen LogP contribution in [0.1, 0.15) is 32.8 Å². The van der Waals surface area contributed by atoms with Crippen LogP contribution in [0.15, 0.2) is 34.4 Å². The molecule has 1 amide bonds. The van der Waals surface area contributed by atoms with Crippen LogP contribution >= 0.6 is 11.3 Å². The minimum atomic E-state index is -0.0543. The molecule has 1 aromatic heterocycles. The molecule has 0 saturated carbocycles. The zero-order chi connectivity index (χ0) is 19.4. The third-order valence-electron chi connectivity index (χ3n) is 4.37. The normalized spacial score (nSPS) is 18.9. The van der Waals surface area contributed by atoms with Crippen molar-refractivity contribution in [3.8, 4) is 0 Å². The van der Waals surface area contributed by atoms with Crippen LogP contribution in [-0.4, -0.2) is 48.1 Å². The Morgan fingerprint density at radius 1 is 1.41 bits per heavy atom. The lowest BCUT2D eigenvalue weighted by atomic mass is 10.1. The molecule has 0 bridgehead atoms. The van der Waals surface area contributed by atoms with E-state index in [2.05, 4.69) is 24.1 Å². The lowest BCUT2D eigenvalue weighted by Gasteiger charge is -2.18. The van der Waals surface area contributed by atoms with E-state index in [1.54, 1.807) is 23.3 Å². The number of guanidine groups is 1. The molecule has 144 valence electrons. The van der Waals surface area contributed by atoms with Gasteiger partial charge in [-0.25, -0.2) is 9.98 Å². The molecule has 1 aliphatic rings. The number of nitrogens with one attached hydrogen (secondary N) is 1. The first-order valence-corrected chi connectivity index (χ1v) is 10.1. The Labute approximate surface area is 164 Å². The molecular formula is C20H26N4O2S. The average Bonchev–Trinajstić information content (AvgIpc) is 3.19. The van der Waals surface area contributed by atoms with Crippen LogP contribution in [-0.2, 0) is 9.53 Å². The maximum absolute atomic E-state index is 12.8. The summed E-state index contributed by atoms with van der Waals surface area (Å²) < 4.78 is 6.41. The number of carbonyl (C=O) groups is 1. The van der Waals surface area contributed by atoms with Gasteiger partial charge in [0.15, 0.2) is 0 Å². The summed E-state index contributed by atoms with van der Waals surface area (Å²) in [6.45, 7) is 7.38. The largest absolute Gasteiger partial charge is 0.382 e. The summed E-state index contributed by atoms with van der Waals surface area (Å²) in [7, 11) is 1.68. The molecule has 2 heterocycles. The van der Waals surface area contributed by atoms with E-state index in [9.17, 15) is 4.79 Å². The Morgan fingerprint density at radius 3 is 2.93 bits per heavy atom. The standard InChI is InChI=1S/C20H26N4O2S/c1-5-24-19(25)17(9-14-6-7-16-18(10-14)27-12-21-16)23-20(24)22-15(11-26-4)8-13(2)3/h6-7,9-10,12-13,15H,5,8,11H2,1-4H3,(H,22,23)/b17-9-. The average molecular weight is 387 g/mol. The second-order valence-corrected chi connectivity index (χ2v) is 7.89. The predicted octanol–water partition coefficient (Wildman–Crippen LogP) is 3.51. The van der Waals surface area contributed by atoms with E-state index in [1.165, 1.54) is 0 Å². The Kier molecular flexibility index (Phi) is 6.23. The van der Waals surface area contributed by atoms with Crippen molar-refractivity contribution in [2.24, 2.45) is 10.9 Å². The molecule has 1 unspecified atom stereocenters. The third-order valence-corrected chi connectivity index (χ3v) is 5.16. The fourth-order valence-electron chi connectivity index (χ4n) is 3.17. The molecule has 1 atom stereocenters. The lowest BCUT2D eigenvalue weighted by Crippen LogP contribution is -2.34. The number of ether oxygens (including phenoxy) is 1. The number of thiazole rings is 1. The molecule has 7 heteroatoms. The van der Waals surface area contributed by atoms with Gasteiger partial charge in [-0.1, -0.05) is 19.9 Å². The molecule has 1 saturated heterocycles. The number of hydrogen-bond donors (Lipinski definition) is 1. The van der Waals surface area contributed by atoms with Gasteiger partial charge in [0.05, 0.1) is 28.4 Å². The van der Waals surface area contributed by atoms with Crippen molar-refractivity contribution in [3.63, 3.8) is 0 Å². The van der Waals surface area contributed by atoms with Crippen molar-refractivity contribution in [2.75, 3.05) is 20.3 Å². The van der Waals surface area contributed by atoms with Gasteiger partial charge in [-0.15, -0.1) is 11.3 Å². The van der Waals surface area contributed by atoms with E-state index in [0.717, 1.165) is 22.2 Å². The Morgan fingerprint density at radius 2 is 2.22 bits per heavy atom. The number of nitrogens with zero attached hydrogens (tertiary/aromatic N) is 3. The minimum Gasteiger partial charge on any atom is -0.382 e. The minimum absolute atomic E-state index is 0.0206. The number of likely N-dealkylation sites (N-methyl/N-ethyl adjacent to an activating group) is 1. The third kappa shape index (κ3) is 4.54. The Bertz CT molecular complexity index is 872. The van der Waals surface area contributed by atoms with E-state index < -0.39 is 0 Å². The van der Waals surface area contributed by atoms with E-state index in [4.69, 9.17) is 9.73 Å². The second-order valence-electron chi connectivity index (χ2n) is 7.00. The predicted molar refractivity (Wildman–Crippen MR) is 111 cm³/mol. The summed E-state index contributed by atoms with van der Waals surface area (Å²) in [6.07, 6.45) is 2.78. The summed E-state index contributed by atoms with van der Waals surface area (Å²) >= 11 is 1.59. The summed E-state index contributed by atoms with van der Waals surface area (Å²) in [5.74, 6) is 1.06. The molecule has 6 nitrogen and oxygen atoms in total. The van der Waals surface area contributed by atoms with Crippen molar-refractivity contribution in [2.45, 2.75) is 33.2 Å². The van der Waals surface area contributed by atoms with E-state index in [-0.39, 0.29) is 11.9 Å². The molecule has 3 rings (SSSR count). The van der Waals surface area contributed by atoms with Gasteiger partial charge in [-0.3, -0.25) is 9.69 Å². The maximum atomic E-state index is 12.8. The van der Waals surface area contributed by atoms with Crippen LogP contribution in [0.5, 0.6) is 0 Å². The van der Waals surface area contributed by atoms with Crippen LogP contribution in [0.3, 0.4) is 0 Å². The van der Waals surface area contributed by atoms with Crippen molar-refractivity contribution in [1.82, 2.24) is 15.2 Å². The van der Waals surface area contributed by atoms with Gasteiger partial charge in [0.1, 0.15) is 5.70 Å². The van der Waals surface area contributed by atoms with Crippen LogP contribution < -0.4 is 5.32 Å². The summed E-state index contributed by atoms with van der Waals surface area (Å²) in [5, 5.41) is 3.21. The number of amides is 1. The van der Waals surface area contributed by atoms with Gasteiger partial charge >= 0.3 is 0 Å². The fraction of sp³-hybridized carbons (Fsp3) is 0.450. The highest BCUT2D eigenvalue weighted by Crippen LogP contribution is 2.22. The number of aliphatic imine (C=N–C) groups is 1. The zero-order valence-corrected chi connectivity index (χ0v) is 17.0. The molecule has 2 aromatic rings. The zero-order valence-electron chi connectivity index (χ0n) is 16.2. The quantitative estimate of drug-likeness (QED) is 0.740. The number of aromatic nitrogens is 1. The molecule has 1 aliphatic heterocycles. The Balaban J connectivity index is 1.87. The maximum Gasteiger partial charge on any atom is 0.277 e. The number of hydrogen-bond acceptors (Lipinski definition) is 5. The smallest absolute Gasteiger partial charge is 0.277 e. The number of rotatable bonds is 7. The van der Waals surface area contributed by atoms with Crippen molar-refractivity contribution in [1.29, 1.82) is 0 Å². The first kappa shape index (κ1) is 19.5. The number of benzene rings is 1. The first-order chi connectivity index (χ1) is 13.0.